The molecule has 2 aromatic heterocycles. The summed E-state index contributed by atoms with van der Waals surface area (Å²) >= 11 is 0. The Hall–Kier alpha value is -3.39. The fourth-order valence-corrected chi connectivity index (χ4v) is 2.33. The predicted molar refractivity (Wildman–Crippen MR) is 95.2 cm³/mol. The van der Waals surface area contributed by atoms with Crippen molar-refractivity contribution in [2.75, 3.05) is 20.0 Å². The first kappa shape index (κ1) is 17.4. The number of hydrogen-bond donors (Lipinski definition) is 2. The lowest BCUT2D eigenvalue weighted by Gasteiger charge is -2.14. The second-order valence-corrected chi connectivity index (χ2v) is 5.22. The highest BCUT2D eigenvalue weighted by molar-refractivity contribution is 5.63. The summed E-state index contributed by atoms with van der Waals surface area (Å²) in [6, 6.07) is 10.5. The Bertz CT molecular complexity index is 917. The summed E-state index contributed by atoms with van der Waals surface area (Å²) in [6.45, 7) is -0.185. The zero-order chi connectivity index (χ0) is 18.5. The zero-order valence-electron chi connectivity index (χ0n) is 14.3. The summed E-state index contributed by atoms with van der Waals surface area (Å²) in [5, 5.41) is 9.24. The Kier molecular flexibility index (Phi) is 5.14. The molecule has 0 saturated heterocycles. The monoisotopic (exact) mass is 354 g/mol. The molecule has 0 bridgehead atoms. The summed E-state index contributed by atoms with van der Waals surface area (Å²) in [7, 11) is 3.01. The lowest BCUT2D eigenvalue weighted by atomic mass is 10.2. The van der Waals surface area contributed by atoms with Crippen LogP contribution in [0.15, 0.2) is 42.6 Å². The Morgan fingerprint density at radius 1 is 1.04 bits per heavy atom. The van der Waals surface area contributed by atoms with Crippen LogP contribution in [0, 0.1) is 0 Å². The van der Waals surface area contributed by atoms with Gasteiger partial charge in [0.1, 0.15) is 0 Å². The molecule has 8 heteroatoms. The fourth-order valence-electron chi connectivity index (χ4n) is 2.33. The molecular formula is C18H18N4O4. The van der Waals surface area contributed by atoms with E-state index in [0.717, 1.165) is 0 Å². The van der Waals surface area contributed by atoms with Gasteiger partial charge in [0.05, 0.1) is 26.5 Å². The number of nitrogens with two attached hydrogens (primary N) is 1. The molecule has 8 nitrogen and oxygen atoms in total. The number of nitrogens with zero attached hydrogens (tertiary/aromatic N) is 3. The minimum Gasteiger partial charge on any atom is -0.493 e. The number of pyridine rings is 1. The van der Waals surface area contributed by atoms with Gasteiger partial charge >= 0.3 is 0 Å². The van der Waals surface area contributed by atoms with Gasteiger partial charge in [0.15, 0.2) is 23.1 Å². The van der Waals surface area contributed by atoms with Gasteiger partial charge < -0.3 is 25.1 Å². The van der Waals surface area contributed by atoms with Gasteiger partial charge in [0.2, 0.25) is 5.75 Å². The number of nitrogen functional groups attached to an aromatic ring is 1. The van der Waals surface area contributed by atoms with Crippen molar-refractivity contribution in [1.82, 2.24) is 15.0 Å². The number of ether oxygens (including phenoxy) is 3. The standard InChI is InChI=1S/C18H18N4O4/c1-24-13-5-3-4-6-14(13)26-15-16(19)21-17(22-18(15)25-2)11-7-8-20-12(9-11)10-23/h3-9,23H,10H2,1-2H3,(H2,19,21,22). The molecule has 0 atom stereocenters. The van der Waals surface area contributed by atoms with E-state index in [2.05, 4.69) is 15.0 Å². The topological polar surface area (TPSA) is 113 Å². The first-order chi connectivity index (χ1) is 12.7. The maximum Gasteiger partial charge on any atom is 0.263 e. The molecule has 26 heavy (non-hydrogen) atoms. The highest BCUT2D eigenvalue weighted by Gasteiger charge is 2.18. The molecule has 0 radical (unpaired) electrons. The smallest absolute Gasteiger partial charge is 0.263 e. The van der Waals surface area contributed by atoms with Crippen LogP contribution in [0.2, 0.25) is 0 Å². The molecule has 0 aliphatic heterocycles. The van der Waals surface area contributed by atoms with E-state index < -0.39 is 0 Å². The van der Waals surface area contributed by atoms with E-state index in [-0.39, 0.29) is 24.1 Å². The van der Waals surface area contributed by atoms with Crippen molar-refractivity contribution in [2.24, 2.45) is 0 Å². The van der Waals surface area contributed by atoms with Crippen LogP contribution in [0.5, 0.6) is 23.1 Å². The third-order valence-corrected chi connectivity index (χ3v) is 3.57. The number of para-hydroxylation sites is 2. The molecule has 3 rings (SSSR count). The van der Waals surface area contributed by atoms with Crippen LogP contribution in [-0.4, -0.2) is 34.3 Å². The number of aromatic nitrogens is 3. The molecule has 0 amide bonds. The normalized spacial score (nSPS) is 10.4. The third kappa shape index (κ3) is 3.50. The Balaban J connectivity index is 2.02. The van der Waals surface area contributed by atoms with Crippen molar-refractivity contribution in [1.29, 1.82) is 0 Å². The Morgan fingerprint density at radius 3 is 2.50 bits per heavy atom. The Labute approximate surface area is 150 Å². The van der Waals surface area contributed by atoms with Crippen molar-refractivity contribution in [3.8, 4) is 34.5 Å². The van der Waals surface area contributed by atoms with Gasteiger partial charge in [-0.25, -0.2) is 4.98 Å². The third-order valence-electron chi connectivity index (χ3n) is 3.57. The molecule has 0 unspecified atom stereocenters. The van der Waals surface area contributed by atoms with Gasteiger partial charge in [-0.1, -0.05) is 12.1 Å². The van der Waals surface area contributed by atoms with Crippen LogP contribution in [0.4, 0.5) is 5.82 Å². The maximum absolute atomic E-state index is 9.24. The molecule has 0 aliphatic carbocycles. The van der Waals surface area contributed by atoms with E-state index in [4.69, 9.17) is 19.9 Å². The van der Waals surface area contributed by atoms with E-state index in [0.29, 0.717) is 28.6 Å². The quantitative estimate of drug-likeness (QED) is 0.694. The average molecular weight is 354 g/mol. The highest BCUT2D eigenvalue weighted by Crippen LogP contribution is 2.39. The van der Waals surface area contributed by atoms with Crippen LogP contribution in [0.25, 0.3) is 11.4 Å². The van der Waals surface area contributed by atoms with Gasteiger partial charge in [-0.2, -0.15) is 4.98 Å². The molecule has 0 saturated carbocycles. The molecule has 2 heterocycles. The van der Waals surface area contributed by atoms with Crippen molar-refractivity contribution in [3.63, 3.8) is 0 Å². The summed E-state index contributed by atoms with van der Waals surface area (Å²) in [5.74, 6) is 1.82. The molecular weight excluding hydrogens is 336 g/mol. The van der Waals surface area contributed by atoms with Crippen LogP contribution in [-0.2, 0) is 6.61 Å². The molecule has 1 aromatic carbocycles. The number of benzene rings is 1. The predicted octanol–water partition coefficient (Wildman–Crippen LogP) is 2.42. The summed E-state index contributed by atoms with van der Waals surface area (Å²) in [5.41, 5.74) is 7.23. The number of rotatable bonds is 6. The van der Waals surface area contributed by atoms with E-state index in [1.165, 1.54) is 7.11 Å². The van der Waals surface area contributed by atoms with Gasteiger partial charge in [-0.15, -0.1) is 0 Å². The lowest BCUT2D eigenvalue weighted by Crippen LogP contribution is -2.04. The van der Waals surface area contributed by atoms with Crippen LogP contribution >= 0.6 is 0 Å². The Morgan fingerprint density at radius 2 is 1.81 bits per heavy atom. The molecule has 0 spiro atoms. The van der Waals surface area contributed by atoms with Crippen LogP contribution in [0.1, 0.15) is 5.69 Å². The summed E-state index contributed by atoms with van der Waals surface area (Å²) in [6.07, 6.45) is 1.56. The number of anilines is 1. The second kappa shape index (κ2) is 7.66. The van der Waals surface area contributed by atoms with Crippen LogP contribution < -0.4 is 19.9 Å². The van der Waals surface area contributed by atoms with E-state index in [9.17, 15) is 5.11 Å². The van der Waals surface area contributed by atoms with Gasteiger partial charge in [-0.05, 0) is 24.3 Å². The molecule has 0 aliphatic rings. The van der Waals surface area contributed by atoms with E-state index in [1.54, 1.807) is 37.6 Å². The van der Waals surface area contributed by atoms with Crippen molar-refractivity contribution < 1.29 is 19.3 Å². The first-order valence-electron chi connectivity index (χ1n) is 7.74. The van der Waals surface area contributed by atoms with Gasteiger partial charge in [-0.3, -0.25) is 4.98 Å². The number of aliphatic hydroxyl groups excluding tert-OH is 1. The largest absolute Gasteiger partial charge is 0.493 e. The van der Waals surface area contributed by atoms with E-state index in [1.807, 2.05) is 12.1 Å². The van der Waals surface area contributed by atoms with Crippen LogP contribution in [0.3, 0.4) is 0 Å². The zero-order valence-corrected chi connectivity index (χ0v) is 14.3. The van der Waals surface area contributed by atoms with Crippen molar-refractivity contribution in [2.45, 2.75) is 6.61 Å². The summed E-state index contributed by atoms with van der Waals surface area (Å²) < 4.78 is 16.4. The number of aliphatic hydroxyl groups is 1. The van der Waals surface area contributed by atoms with Crippen molar-refractivity contribution in [3.05, 3.63) is 48.3 Å². The fraction of sp³-hybridized carbons (Fsp3) is 0.167. The SMILES string of the molecule is COc1ccccc1Oc1c(N)nc(-c2ccnc(CO)c2)nc1OC. The number of methoxy groups -OCH3 is 2. The number of hydrogen-bond acceptors (Lipinski definition) is 8. The summed E-state index contributed by atoms with van der Waals surface area (Å²) in [4.78, 5) is 12.7. The second-order valence-electron chi connectivity index (χ2n) is 5.22. The molecule has 134 valence electrons. The first-order valence-corrected chi connectivity index (χ1v) is 7.74. The molecule has 0 fully saturated rings. The minimum absolute atomic E-state index is 0.111. The molecule has 3 aromatic rings. The maximum atomic E-state index is 9.24. The van der Waals surface area contributed by atoms with E-state index >= 15 is 0 Å². The molecule has 3 N–H and O–H groups in total. The van der Waals surface area contributed by atoms with Crippen molar-refractivity contribution >= 4 is 5.82 Å². The highest BCUT2D eigenvalue weighted by atomic mass is 16.5. The average Bonchev–Trinajstić information content (AvgIpc) is 2.69. The minimum atomic E-state index is -0.185. The van der Waals surface area contributed by atoms with Gasteiger partial charge in [0, 0.05) is 11.8 Å². The van der Waals surface area contributed by atoms with Gasteiger partial charge in [0.25, 0.3) is 5.88 Å². The lowest BCUT2D eigenvalue weighted by molar-refractivity contribution is 0.277.